The summed E-state index contributed by atoms with van der Waals surface area (Å²) >= 11 is 1.73. The predicted molar refractivity (Wildman–Crippen MR) is 107 cm³/mol. The van der Waals surface area contributed by atoms with Gasteiger partial charge in [-0.15, -0.1) is 0 Å². The number of fused-ring (bicyclic) bond motifs is 2. The third kappa shape index (κ3) is 3.47. The van der Waals surface area contributed by atoms with Crippen LogP contribution in [-0.4, -0.2) is 38.7 Å². The number of amides is 2. The van der Waals surface area contributed by atoms with E-state index < -0.39 is 0 Å². The van der Waals surface area contributed by atoms with Crippen molar-refractivity contribution in [2.75, 3.05) is 10.7 Å². The molecule has 3 heterocycles. The Bertz CT molecular complexity index is 929. The van der Waals surface area contributed by atoms with Crippen molar-refractivity contribution in [2.24, 2.45) is 4.99 Å². The molecule has 4 rings (SSSR count). The number of thioether (sulfide) groups is 1. The van der Waals surface area contributed by atoms with E-state index in [9.17, 15) is 9.59 Å². The lowest BCUT2D eigenvalue weighted by molar-refractivity contribution is -0.124. The second-order valence-corrected chi connectivity index (χ2v) is 7.67. The number of aromatic nitrogens is 1. The number of carbonyl (C=O) groups is 2. The van der Waals surface area contributed by atoms with Crippen LogP contribution in [0.2, 0.25) is 0 Å². The minimum atomic E-state index is -0.359. The number of hydrogen-bond acceptors (Lipinski definition) is 5. The molecule has 0 radical (unpaired) electrons. The molecule has 0 unspecified atom stereocenters. The normalized spacial score (nSPS) is 19.6. The van der Waals surface area contributed by atoms with Crippen molar-refractivity contribution in [1.29, 1.82) is 0 Å². The molecular formula is C20H20N4O2S. The molecule has 0 bridgehead atoms. The second kappa shape index (κ2) is 7.15. The van der Waals surface area contributed by atoms with Gasteiger partial charge in [0.2, 0.25) is 11.8 Å². The highest BCUT2D eigenvalue weighted by Gasteiger charge is 2.34. The highest BCUT2D eigenvalue weighted by atomic mass is 32.2. The Labute approximate surface area is 162 Å². The van der Waals surface area contributed by atoms with Gasteiger partial charge in [0, 0.05) is 32.2 Å². The summed E-state index contributed by atoms with van der Waals surface area (Å²) in [6.07, 6.45) is 1.03. The summed E-state index contributed by atoms with van der Waals surface area (Å²) < 4.78 is 0. The van der Waals surface area contributed by atoms with Gasteiger partial charge in [0.25, 0.3) is 0 Å². The molecule has 2 aromatic rings. The molecule has 6 nitrogen and oxygen atoms in total. The number of imide groups is 1. The fourth-order valence-electron chi connectivity index (χ4n) is 3.55. The summed E-state index contributed by atoms with van der Waals surface area (Å²) in [5.41, 5.74) is 2.75. The van der Waals surface area contributed by atoms with Crippen molar-refractivity contribution in [3.63, 3.8) is 0 Å². The van der Waals surface area contributed by atoms with Crippen molar-refractivity contribution in [3.05, 3.63) is 53.6 Å². The highest BCUT2D eigenvalue weighted by Crippen LogP contribution is 2.34. The standard InChI is InChI=1S/C20H20N4O2S/c1-13(25)24(14(2)26)19-9-5-8-18(21-19)22-20-23-11-16-7-4-3-6-15(16)10-17(23)12-27-20/h3-9,17H,10-12H2,1-2H3/t17-/m0/s1. The summed E-state index contributed by atoms with van der Waals surface area (Å²) in [5.74, 6) is 1.09. The molecule has 1 saturated heterocycles. The van der Waals surface area contributed by atoms with Crippen LogP contribution in [0.1, 0.15) is 25.0 Å². The Morgan fingerprint density at radius 3 is 2.59 bits per heavy atom. The van der Waals surface area contributed by atoms with E-state index in [4.69, 9.17) is 4.99 Å². The van der Waals surface area contributed by atoms with Crippen molar-refractivity contribution in [1.82, 2.24) is 9.88 Å². The number of aliphatic imine (C=N–C) groups is 1. The van der Waals surface area contributed by atoms with Crippen molar-refractivity contribution in [3.8, 4) is 0 Å². The fourth-order valence-corrected chi connectivity index (χ4v) is 4.73. The van der Waals surface area contributed by atoms with E-state index in [0.717, 1.165) is 28.8 Å². The summed E-state index contributed by atoms with van der Waals surface area (Å²) in [5, 5.41) is 0.941. The van der Waals surface area contributed by atoms with Crippen LogP contribution in [0.25, 0.3) is 0 Å². The zero-order valence-electron chi connectivity index (χ0n) is 15.3. The molecule has 7 heteroatoms. The Morgan fingerprint density at radius 2 is 1.85 bits per heavy atom. The first-order chi connectivity index (χ1) is 13.0. The average Bonchev–Trinajstić information content (AvgIpc) is 3.01. The Morgan fingerprint density at radius 1 is 1.11 bits per heavy atom. The van der Waals surface area contributed by atoms with Crippen LogP contribution in [-0.2, 0) is 22.6 Å². The highest BCUT2D eigenvalue weighted by molar-refractivity contribution is 8.14. The first kappa shape index (κ1) is 17.7. The monoisotopic (exact) mass is 380 g/mol. The molecule has 138 valence electrons. The number of benzene rings is 1. The smallest absolute Gasteiger partial charge is 0.231 e. The van der Waals surface area contributed by atoms with Gasteiger partial charge in [-0.1, -0.05) is 42.1 Å². The molecule has 0 N–H and O–H groups in total. The number of carbonyl (C=O) groups excluding carboxylic acids is 2. The van der Waals surface area contributed by atoms with Gasteiger partial charge < -0.3 is 4.90 Å². The first-order valence-corrected chi connectivity index (χ1v) is 9.84. The minimum absolute atomic E-state index is 0.306. The van der Waals surface area contributed by atoms with Gasteiger partial charge in [0.05, 0.1) is 0 Å². The molecule has 2 aliphatic heterocycles. The predicted octanol–water partition coefficient (Wildman–Crippen LogP) is 3.14. The quantitative estimate of drug-likeness (QED) is 0.801. The van der Waals surface area contributed by atoms with Crippen molar-refractivity contribution in [2.45, 2.75) is 32.9 Å². The average molecular weight is 380 g/mol. The molecule has 1 aromatic carbocycles. The third-order valence-electron chi connectivity index (χ3n) is 4.79. The van der Waals surface area contributed by atoms with Gasteiger partial charge in [-0.05, 0) is 29.7 Å². The zero-order chi connectivity index (χ0) is 19.0. The van der Waals surface area contributed by atoms with Gasteiger partial charge in [0.1, 0.15) is 5.82 Å². The first-order valence-electron chi connectivity index (χ1n) is 8.86. The largest absolute Gasteiger partial charge is 0.343 e. The van der Waals surface area contributed by atoms with Crippen LogP contribution in [0.3, 0.4) is 0 Å². The van der Waals surface area contributed by atoms with Gasteiger partial charge in [0.15, 0.2) is 11.0 Å². The maximum atomic E-state index is 11.8. The molecule has 0 saturated carbocycles. The number of hydrogen-bond donors (Lipinski definition) is 0. The van der Waals surface area contributed by atoms with Crippen molar-refractivity contribution >= 4 is 40.4 Å². The number of amidine groups is 1. The van der Waals surface area contributed by atoms with Crippen LogP contribution >= 0.6 is 11.8 Å². The number of nitrogens with zero attached hydrogens (tertiary/aromatic N) is 4. The molecule has 2 aliphatic rings. The topological polar surface area (TPSA) is 65.9 Å². The molecular weight excluding hydrogens is 360 g/mol. The lowest BCUT2D eigenvalue weighted by Gasteiger charge is -2.32. The zero-order valence-corrected chi connectivity index (χ0v) is 16.1. The van der Waals surface area contributed by atoms with Gasteiger partial charge in [-0.25, -0.2) is 14.9 Å². The van der Waals surface area contributed by atoms with E-state index in [1.165, 1.54) is 25.0 Å². The Balaban J connectivity index is 1.62. The summed E-state index contributed by atoms with van der Waals surface area (Å²) in [6, 6.07) is 14.2. The lowest BCUT2D eigenvalue weighted by Crippen LogP contribution is -2.38. The maximum absolute atomic E-state index is 11.8. The summed E-state index contributed by atoms with van der Waals surface area (Å²) in [6.45, 7) is 3.55. The minimum Gasteiger partial charge on any atom is -0.343 e. The molecule has 0 spiro atoms. The lowest BCUT2D eigenvalue weighted by atomic mass is 9.95. The molecule has 1 fully saturated rings. The number of anilines is 1. The van der Waals surface area contributed by atoms with E-state index in [1.807, 2.05) is 0 Å². The Kier molecular flexibility index (Phi) is 4.70. The van der Waals surface area contributed by atoms with Crippen LogP contribution in [0.15, 0.2) is 47.5 Å². The Hall–Kier alpha value is -2.67. The molecule has 1 aromatic heterocycles. The van der Waals surface area contributed by atoms with Gasteiger partial charge in [-0.2, -0.15) is 0 Å². The van der Waals surface area contributed by atoms with Crippen LogP contribution in [0, 0.1) is 0 Å². The van der Waals surface area contributed by atoms with Crippen LogP contribution < -0.4 is 4.90 Å². The maximum Gasteiger partial charge on any atom is 0.231 e. The van der Waals surface area contributed by atoms with Crippen LogP contribution in [0.4, 0.5) is 11.6 Å². The molecule has 2 amide bonds. The van der Waals surface area contributed by atoms with Crippen LogP contribution in [0.5, 0.6) is 0 Å². The van der Waals surface area contributed by atoms with E-state index in [2.05, 4.69) is 34.1 Å². The summed E-state index contributed by atoms with van der Waals surface area (Å²) in [7, 11) is 0. The van der Waals surface area contributed by atoms with Gasteiger partial charge in [-0.3, -0.25) is 9.59 Å². The summed E-state index contributed by atoms with van der Waals surface area (Å²) in [4.78, 5) is 36.1. The third-order valence-corrected chi connectivity index (χ3v) is 5.93. The molecule has 27 heavy (non-hydrogen) atoms. The van der Waals surface area contributed by atoms with Gasteiger partial charge >= 0.3 is 0 Å². The molecule has 1 atom stereocenters. The van der Waals surface area contributed by atoms with E-state index in [-0.39, 0.29) is 11.8 Å². The SMILES string of the molecule is CC(=O)N(C(C)=O)c1cccc(N=C2SC[C@@H]3Cc4ccccc4CN23)n1. The number of rotatable bonds is 2. The van der Waals surface area contributed by atoms with E-state index in [1.54, 1.807) is 30.0 Å². The second-order valence-electron chi connectivity index (χ2n) is 6.69. The molecule has 0 aliphatic carbocycles. The fraction of sp³-hybridized carbons (Fsp3) is 0.300. The van der Waals surface area contributed by atoms with E-state index in [0.29, 0.717) is 17.7 Å². The van der Waals surface area contributed by atoms with E-state index >= 15 is 0 Å². The van der Waals surface area contributed by atoms with Crippen molar-refractivity contribution < 1.29 is 9.59 Å². The number of pyridine rings is 1.